The highest BCUT2D eigenvalue weighted by molar-refractivity contribution is 7.99. The highest BCUT2D eigenvalue weighted by Crippen LogP contribution is 2.39. The van der Waals surface area contributed by atoms with Crippen LogP contribution in [0.25, 0.3) is 0 Å². The van der Waals surface area contributed by atoms with Crippen molar-refractivity contribution in [2.45, 2.75) is 101 Å². The number of nitrogens with one attached hydrogen (secondary N) is 1. The summed E-state index contributed by atoms with van der Waals surface area (Å²) < 4.78 is 0. The fourth-order valence-electron chi connectivity index (χ4n) is 5.34. The third-order valence-electron chi connectivity index (χ3n) is 6.51. The van der Waals surface area contributed by atoms with E-state index in [0.717, 1.165) is 29.2 Å². The molecule has 0 aromatic rings. The molecule has 3 aliphatic carbocycles. The van der Waals surface area contributed by atoms with E-state index in [1.165, 1.54) is 83.5 Å². The van der Waals surface area contributed by atoms with E-state index >= 15 is 0 Å². The summed E-state index contributed by atoms with van der Waals surface area (Å²) in [7, 11) is 0. The van der Waals surface area contributed by atoms with Crippen LogP contribution in [-0.2, 0) is 0 Å². The molecule has 0 heterocycles. The van der Waals surface area contributed by atoms with E-state index in [4.69, 9.17) is 0 Å². The molecule has 3 fully saturated rings. The summed E-state index contributed by atoms with van der Waals surface area (Å²) in [6, 6.07) is 1.66. The molecule has 2 heteroatoms. The summed E-state index contributed by atoms with van der Waals surface area (Å²) in [5.41, 5.74) is 0. The Morgan fingerprint density at radius 2 is 1.29 bits per heavy atom. The average Bonchev–Trinajstić information content (AvgIpc) is 2.57. The van der Waals surface area contributed by atoms with Crippen molar-refractivity contribution in [1.29, 1.82) is 0 Å². The molecule has 0 aromatic carbocycles. The minimum Gasteiger partial charge on any atom is -0.310 e. The second kappa shape index (κ2) is 8.24. The lowest BCUT2D eigenvalue weighted by molar-refractivity contribution is 0.137. The molecule has 0 bridgehead atoms. The predicted molar refractivity (Wildman–Crippen MR) is 95.0 cm³/mol. The third kappa shape index (κ3) is 4.19. The number of hydrogen-bond acceptors (Lipinski definition) is 2. The first-order valence-electron chi connectivity index (χ1n) is 9.67. The van der Waals surface area contributed by atoms with E-state index in [1.54, 1.807) is 0 Å². The molecule has 122 valence electrons. The number of rotatable bonds is 4. The van der Waals surface area contributed by atoms with Crippen LogP contribution in [0.4, 0.5) is 0 Å². The minimum atomic E-state index is 0.808. The van der Waals surface area contributed by atoms with Crippen molar-refractivity contribution in [1.82, 2.24) is 5.32 Å². The first kappa shape index (κ1) is 16.2. The molecule has 4 atom stereocenters. The van der Waals surface area contributed by atoms with Gasteiger partial charge in [-0.3, -0.25) is 0 Å². The van der Waals surface area contributed by atoms with Crippen molar-refractivity contribution in [3.05, 3.63) is 0 Å². The summed E-state index contributed by atoms with van der Waals surface area (Å²) in [4.78, 5) is 0. The van der Waals surface area contributed by atoms with Crippen molar-refractivity contribution < 1.29 is 0 Å². The van der Waals surface area contributed by atoms with E-state index < -0.39 is 0 Å². The third-order valence-corrected chi connectivity index (χ3v) is 7.68. The van der Waals surface area contributed by atoms with Gasteiger partial charge in [-0.05, 0) is 43.8 Å². The van der Waals surface area contributed by atoms with Gasteiger partial charge in [-0.2, -0.15) is 11.8 Å². The maximum atomic E-state index is 4.19. The largest absolute Gasteiger partial charge is 0.310 e. The summed E-state index contributed by atoms with van der Waals surface area (Å²) in [6.45, 7) is 0. The van der Waals surface area contributed by atoms with Crippen LogP contribution in [0.2, 0.25) is 0 Å². The molecule has 0 radical (unpaired) electrons. The Bertz CT molecular complexity index is 300. The SMILES string of the molecule is CSC1CCCCC1NC1CCCCC1C1CCCCC1. The van der Waals surface area contributed by atoms with Crippen LogP contribution >= 0.6 is 11.8 Å². The molecule has 0 spiro atoms. The monoisotopic (exact) mass is 309 g/mol. The van der Waals surface area contributed by atoms with Crippen LogP contribution in [0.15, 0.2) is 0 Å². The first-order chi connectivity index (χ1) is 10.4. The molecule has 0 saturated heterocycles. The van der Waals surface area contributed by atoms with Crippen molar-refractivity contribution in [2.24, 2.45) is 11.8 Å². The maximum Gasteiger partial charge on any atom is 0.0198 e. The van der Waals surface area contributed by atoms with Crippen molar-refractivity contribution in [2.75, 3.05) is 6.26 Å². The van der Waals surface area contributed by atoms with Gasteiger partial charge in [0.25, 0.3) is 0 Å². The molecule has 0 aliphatic heterocycles. The Labute approximate surface area is 136 Å². The topological polar surface area (TPSA) is 12.0 Å². The highest BCUT2D eigenvalue weighted by atomic mass is 32.2. The zero-order chi connectivity index (χ0) is 14.5. The summed E-state index contributed by atoms with van der Waals surface area (Å²) in [5.74, 6) is 2.05. The first-order valence-corrected chi connectivity index (χ1v) is 11.0. The lowest BCUT2D eigenvalue weighted by Crippen LogP contribution is -2.51. The van der Waals surface area contributed by atoms with Crippen LogP contribution in [0.5, 0.6) is 0 Å². The Morgan fingerprint density at radius 3 is 2.05 bits per heavy atom. The van der Waals surface area contributed by atoms with E-state index in [-0.39, 0.29) is 0 Å². The van der Waals surface area contributed by atoms with E-state index in [0.29, 0.717) is 0 Å². The second-order valence-electron chi connectivity index (χ2n) is 7.78. The lowest BCUT2D eigenvalue weighted by atomic mass is 9.70. The molecule has 3 rings (SSSR count). The molecular formula is C19H35NS. The average molecular weight is 310 g/mol. The fraction of sp³-hybridized carbons (Fsp3) is 1.00. The Kier molecular flexibility index (Phi) is 6.35. The number of thioether (sulfide) groups is 1. The molecule has 3 saturated carbocycles. The minimum absolute atomic E-state index is 0.808. The number of hydrogen-bond donors (Lipinski definition) is 1. The highest BCUT2D eigenvalue weighted by Gasteiger charge is 2.35. The molecule has 4 unspecified atom stereocenters. The second-order valence-corrected chi connectivity index (χ2v) is 8.86. The molecule has 1 N–H and O–H groups in total. The van der Waals surface area contributed by atoms with E-state index in [9.17, 15) is 0 Å². The van der Waals surface area contributed by atoms with Crippen LogP contribution in [0.1, 0.15) is 83.5 Å². The Hall–Kier alpha value is 0.310. The quantitative estimate of drug-likeness (QED) is 0.747. The molecule has 3 aliphatic rings. The van der Waals surface area contributed by atoms with Gasteiger partial charge in [-0.15, -0.1) is 0 Å². The van der Waals surface area contributed by atoms with E-state index in [1.807, 2.05) is 0 Å². The van der Waals surface area contributed by atoms with Gasteiger partial charge >= 0.3 is 0 Å². The van der Waals surface area contributed by atoms with Crippen LogP contribution in [0.3, 0.4) is 0 Å². The summed E-state index contributed by atoms with van der Waals surface area (Å²) >= 11 is 2.12. The van der Waals surface area contributed by atoms with Gasteiger partial charge in [0.15, 0.2) is 0 Å². The maximum absolute atomic E-state index is 4.19. The van der Waals surface area contributed by atoms with Gasteiger partial charge in [0, 0.05) is 17.3 Å². The Balaban J connectivity index is 1.60. The lowest BCUT2D eigenvalue weighted by Gasteiger charge is -2.43. The van der Waals surface area contributed by atoms with Gasteiger partial charge < -0.3 is 5.32 Å². The smallest absolute Gasteiger partial charge is 0.0198 e. The Morgan fingerprint density at radius 1 is 0.667 bits per heavy atom. The van der Waals surface area contributed by atoms with Crippen LogP contribution in [0, 0.1) is 11.8 Å². The van der Waals surface area contributed by atoms with Crippen molar-refractivity contribution >= 4 is 11.8 Å². The predicted octanol–water partition coefficient (Wildman–Crippen LogP) is 5.39. The fourth-order valence-corrected chi connectivity index (χ4v) is 6.28. The normalized spacial score (nSPS) is 39.3. The van der Waals surface area contributed by atoms with Crippen molar-refractivity contribution in [3.8, 4) is 0 Å². The van der Waals surface area contributed by atoms with E-state index in [2.05, 4.69) is 23.3 Å². The molecule has 0 aromatic heterocycles. The van der Waals surface area contributed by atoms with Gasteiger partial charge in [-0.1, -0.05) is 57.8 Å². The van der Waals surface area contributed by atoms with Gasteiger partial charge in [0.1, 0.15) is 0 Å². The van der Waals surface area contributed by atoms with Gasteiger partial charge in [0.2, 0.25) is 0 Å². The molecule has 0 amide bonds. The van der Waals surface area contributed by atoms with Crippen LogP contribution in [-0.4, -0.2) is 23.6 Å². The zero-order valence-electron chi connectivity index (χ0n) is 14.0. The van der Waals surface area contributed by atoms with Crippen molar-refractivity contribution in [3.63, 3.8) is 0 Å². The standard InChI is InChI=1S/C19H35NS/c1-21-19-14-8-7-13-18(19)20-17-12-6-5-11-16(17)15-9-3-2-4-10-15/h15-20H,2-14H2,1H3. The van der Waals surface area contributed by atoms with Gasteiger partial charge in [-0.25, -0.2) is 0 Å². The summed E-state index contributed by atoms with van der Waals surface area (Å²) in [5, 5.41) is 5.07. The zero-order valence-corrected chi connectivity index (χ0v) is 14.8. The van der Waals surface area contributed by atoms with Gasteiger partial charge in [0.05, 0.1) is 0 Å². The van der Waals surface area contributed by atoms with Crippen LogP contribution < -0.4 is 5.32 Å². The molecular weight excluding hydrogens is 274 g/mol. The summed E-state index contributed by atoms with van der Waals surface area (Å²) in [6.07, 6.45) is 21.6. The molecule has 21 heavy (non-hydrogen) atoms. The molecule has 1 nitrogen and oxygen atoms in total.